The minimum atomic E-state index is -4.67. The number of benzene rings is 3. The molecular formula is C33H35F3O6. The number of hydrogen-bond acceptors (Lipinski definition) is 5. The van der Waals surface area contributed by atoms with Gasteiger partial charge in [0.05, 0.1) is 17.0 Å². The van der Waals surface area contributed by atoms with E-state index in [4.69, 9.17) is 9.47 Å². The van der Waals surface area contributed by atoms with Crippen LogP contribution in [0.4, 0.5) is 13.2 Å². The molecule has 0 amide bonds. The number of alkyl halides is 3. The quantitative estimate of drug-likeness (QED) is 0.123. The van der Waals surface area contributed by atoms with Crippen molar-refractivity contribution in [2.45, 2.75) is 71.6 Å². The fraction of sp³-hybridized carbons (Fsp3) is 0.364. The maximum Gasteiger partial charge on any atom is 0.425 e. The molecule has 2 unspecified atom stereocenters. The standard InChI is InChI=1S/C33H35F3O6/c1-4-6-7-8-9-29(33(34,35)36)42-32(40)25-16-12-23(13-17-25)28-20-26(41-31(39)21(3)5-2)18-19-27(28)22-10-14-24(15-11-22)30(37)38/h10-21,29H,4-9H2,1-3H3,(H,37,38). The van der Waals surface area contributed by atoms with E-state index < -0.39 is 30.2 Å². The zero-order chi connectivity index (χ0) is 30.9. The Balaban J connectivity index is 1.92. The van der Waals surface area contributed by atoms with Gasteiger partial charge in [-0.3, -0.25) is 4.79 Å². The number of unbranched alkanes of at least 4 members (excludes halogenated alkanes) is 3. The number of carbonyl (C=O) groups is 3. The minimum Gasteiger partial charge on any atom is -0.478 e. The van der Waals surface area contributed by atoms with Crippen molar-refractivity contribution < 1.29 is 42.1 Å². The molecule has 3 aromatic rings. The Hall–Kier alpha value is -4.14. The SMILES string of the molecule is CCCCCCC(OC(=O)c1ccc(-c2cc(OC(=O)C(C)CC)ccc2-c2ccc(C(=O)O)cc2)cc1)C(F)(F)F. The third-order valence-electron chi connectivity index (χ3n) is 7.03. The van der Waals surface area contributed by atoms with Crippen LogP contribution in [0.2, 0.25) is 0 Å². The van der Waals surface area contributed by atoms with Crippen LogP contribution in [-0.2, 0) is 9.53 Å². The van der Waals surface area contributed by atoms with Gasteiger partial charge in [0.1, 0.15) is 5.75 Å². The molecule has 3 rings (SSSR count). The first-order valence-electron chi connectivity index (χ1n) is 14.0. The number of carbonyl (C=O) groups excluding carboxylic acids is 2. The maximum atomic E-state index is 13.5. The molecule has 224 valence electrons. The number of hydrogen-bond donors (Lipinski definition) is 1. The van der Waals surface area contributed by atoms with Crippen LogP contribution in [0.5, 0.6) is 5.75 Å². The van der Waals surface area contributed by atoms with E-state index in [2.05, 4.69) is 0 Å². The Bertz CT molecular complexity index is 1360. The Labute approximate surface area is 243 Å². The second-order valence-electron chi connectivity index (χ2n) is 10.2. The van der Waals surface area contributed by atoms with Gasteiger partial charge in [-0.15, -0.1) is 0 Å². The van der Waals surface area contributed by atoms with Crippen molar-refractivity contribution in [1.82, 2.24) is 0 Å². The van der Waals surface area contributed by atoms with Crippen molar-refractivity contribution in [1.29, 1.82) is 0 Å². The Morgan fingerprint density at radius 2 is 1.40 bits per heavy atom. The third kappa shape index (κ3) is 8.68. The largest absolute Gasteiger partial charge is 0.478 e. The molecule has 6 nitrogen and oxygen atoms in total. The highest BCUT2D eigenvalue weighted by Crippen LogP contribution is 2.36. The molecule has 42 heavy (non-hydrogen) atoms. The molecule has 0 saturated carbocycles. The van der Waals surface area contributed by atoms with Gasteiger partial charge in [0.25, 0.3) is 0 Å². The summed E-state index contributed by atoms with van der Waals surface area (Å²) in [5, 5.41) is 9.25. The maximum absolute atomic E-state index is 13.5. The van der Waals surface area contributed by atoms with Gasteiger partial charge in [-0.2, -0.15) is 13.2 Å². The predicted molar refractivity (Wildman–Crippen MR) is 153 cm³/mol. The first-order valence-corrected chi connectivity index (χ1v) is 14.0. The average molecular weight is 585 g/mol. The number of aromatic carboxylic acids is 1. The van der Waals surface area contributed by atoms with E-state index >= 15 is 0 Å². The van der Waals surface area contributed by atoms with Crippen molar-refractivity contribution in [2.24, 2.45) is 5.92 Å². The number of ether oxygens (including phenoxy) is 2. The van der Waals surface area contributed by atoms with E-state index in [1.54, 1.807) is 49.4 Å². The fourth-order valence-corrected chi connectivity index (χ4v) is 4.28. The molecule has 0 radical (unpaired) electrons. The molecule has 0 aliphatic rings. The van der Waals surface area contributed by atoms with E-state index in [1.165, 1.54) is 24.3 Å². The van der Waals surface area contributed by atoms with Crippen molar-refractivity contribution in [3.05, 3.63) is 77.9 Å². The molecule has 9 heteroatoms. The molecule has 0 fully saturated rings. The lowest BCUT2D eigenvalue weighted by atomic mass is 9.93. The Morgan fingerprint density at radius 3 is 1.95 bits per heavy atom. The number of rotatable bonds is 13. The molecule has 0 aliphatic heterocycles. The highest BCUT2D eigenvalue weighted by Gasteiger charge is 2.42. The van der Waals surface area contributed by atoms with E-state index in [0.717, 1.165) is 12.8 Å². The van der Waals surface area contributed by atoms with Crippen LogP contribution >= 0.6 is 0 Å². The lowest BCUT2D eigenvalue weighted by molar-refractivity contribution is -0.206. The van der Waals surface area contributed by atoms with Gasteiger partial charge in [0, 0.05) is 0 Å². The summed E-state index contributed by atoms with van der Waals surface area (Å²) in [6.45, 7) is 5.59. The van der Waals surface area contributed by atoms with Gasteiger partial charge in [-0.05, 0) is 77.9 Å². The summed E-state index contributed by atoms with van der Waals surface area (Å²) in [7, 11) is 0. The number of carboxylic acid groups (broad SMARTS) is 1. The van der Waals surface area contributed by atoms with Crippen LogP contribution in [0.1, 0.15) is 80.0 Å². The molecule has 0 aromatic heterocycles. The van der Waals surface area contributed by atoms with Crippen molar-refractivity contribution in [2.75, 3.05) is 0 Å². The Morgan fingerprint density at radius 1 is 0.810 bits per heavy atom. The van der Waals surface area contributed by atoms with Gasteiger partial charge in [0.15, 0.2) is 6.10 Å². The monoisotopic (exact) mass is 584 g/mol. The van der Waals surface area contributed by atoms with Crippen LogP contribution in [0.15, 0.2) is 66.7 Å². The van der Waals surface area contributed by atoms with Crippen LogP contribution < -0.4 is 4.74 Å². The van der Waals surface area contributed by atoms with Crippen LogP contribution in [0, 0.1) is 5.92 Å². The van der Waals surface area contributed by atoms with Crippen molar-refractivity contribution in [3.63, 3.8) is 0 Å². The van der Waals surface area contributed by atoms with Crippen LogP contribution in [0.3, 0.4) is 0 Å². The number of esters is 2. The summed E-state index contributed by atoms with van der Waals surface area (Å²) >= 11 is 0. The van der Waals surface area contributed by atoms with Gasteiger partial charge in [0.2, 0.25) is 0 Å². The lowest BCUT2D eigenvalue weighted by Crippen LogP contribution is -2.33. The van der Waals surface area contributed by atoms with Gasteiger partial charge in [-0.1, -0.05) is 70.4 Å². The minimum absolute atomic E-state index is 0.0340. The predicted octanol–water partition coefficient (Wildman–Crippen LogP) is 8.73. The van der Waals surface area contributed by atoms with E-state index in [-0.39, 0.29) is 23.5 Å². The summed E-state index contributed by atoms with van der Waals surface area (Å²) in [5.41, 5.74) is 2.66. The second kappa shape index (κ2) is 14.7. The molecule has 0 bridgehead atoms. The van der Waals surface area contributed by atoms with Crippen molar-refractivity contribution >= 4 is 17.9 Å². The van der Waals surface area contributed by atoms with Gasteiger partial charge >= 0.3 is 24.1 Å². The fourth-order valence-electron chi connectivity index (χ4n) is 4.28. The highest BCUT2D eigenvalue weighted by atomic mass is 19.4. The van der Waals surface area contributed by atoms with E-state index in [9.17, 15) is 32.7 Å². The lowest BCUT2D eigenvalue weighted by Gasteiger charge is -2.21. The topological polar surface area (TPSA) is 89.9 Å². The molecule has 2 atom stereocenters. The first-order chi connectivity index (χ1) is 19.9. The molecule has 0 heterocycles. The van der Waals surface area contributed by atoms with E-state index in [0.29, 0.717) is 47.3 Å². The molecule has 1 N–H and O–H groups in total. The summed E-state index contributed by atoms with van der Waals surface area (Å²) in [6, 6.07) is 17.2. The molecular weight excluding hydrogens is 549 g/mol. The van der Waals surface area contributed by atoms with Crippen molar-refractivity contribution in [3.8, 4) is 28.0 Å². The van der Waals surface area contributed by atoms with Gasteiger partial charge in [-0.25, -0.2) is 9.59 Å². The third-order valence-corrected chi connectivity index (χ3v) is 7.03. The van der Waals surface area contributed by atoms with Gasteiger partial charge < -0.3 is 14.6 Å². The first kappa shape index (κ1) is 32.4. The molecule has 0 spiro atoms. The summed E-state index contributed by atoms with van der Waals surface area (Å²) in [5.74, 6) is -2.55. The smallest absolute Gasteiger partial charge is 0.425 e. The number of halogens is 3. The molecule has 0 saturated heterocycles. The summed E-state index contributed by atoms with van der Waals surface area (Å²) in [6.07, 6.45) is -3.92. The highest BCUT2D eigenvalue weighted by molar-refractivity contribution is 5.92. The molecule has 3 aromatic carbocycles. The zero-order valence-electron chi connectivity index (χ0n) is 23.9. The summed E-state index contributed by atoms with van der Waals surface area (Å²) in [4.78, 5) is 36.4. The van der Waals surface area contributed by atoms with E-state index in [1.807, 2.05) is 13.8 Å². The zero-order valence-corrected chi connectivity index (χ0v) is 23.9. The number of carboxylic acids is 1. The summed E-state index contributed by atoms with van der Waals surface area (Å²) < 4.78 is 51.0. The normalized spacial score (nSPS) is 12.8. The van der Waals surface area contributed by atoms with Crippen LogP contribution in [0.25, 0.3) is 22.3 Å². The average Bonchev–Trinajstić information content (AvgIpc) is 2.97. The Kier molecular flexibility index (Phi) is 11.3. The molecule has 0 aliphatic carbocycles. The second-order valence-corrected chi connectivity index (χ2v) is 10.2. The van der Waals surface area contributed by atoms with Crippen LogP contribution in [-0.4, -0.2) is 35.3 Å².